The van der Waals surface area contributed by atoms with E-state index in [0.717, 1.165) is 0 Å². The van der Waals surface area contributed by atoms with Gasteiger partial charge in [0.25, 0.3) is 0 Å². The van der Waals surface area contributed by atoms with Gasteiger partial charge in [-0.3, -0.25) is 4.98 Å². The van der Waals surface area contributed by atoms with Gasteiger partial charge in [0, 0.05) is 12.4 Å². The second kappa shape index (κ2) is 7.22. The van der Waals surface area contributed by atoms with Gasteiger partial charge in [0.15, 0.2) is 11.9 Å². The minimum Gasteiger partial charge on any atom is -0.505 e. The van der Waals surface area contributed by atoms with E-state index in [1.807, 2.05) is 0 Å². The van der Waals surface area contributed by atoms with Crippen LogP contribution in [0.2, 0.25) is 0 Å². The first-order valence-electron chi connectivity index (χ1n) is 5.63. The van der Waals surface area contributed by atoms with Crippen molar-refractivity contribution in [3.63, 3.8) is 0 Å². The second-order valence-corrected chi connectivity index (χ2v) is 3.86. The highest BCUT2D eigenvalue weighted by Gasteiger charge is 2.38. The number of aromatic nitrogens is 1. The van der Waals surface area contributed by atoms with Gasteiger partial charge >= 0.3 is 11.9 Å². The van der Waals surface area contributed by atoms with Crippen molar-refractivity contribution in [2.75, 3.05) is 6.61 Å². The third kappa shape index (κ3) is 4.16. The molecule has 2 rings (SSSR count). The van der Waals surface area contributed by atoms with Gasteiger partial charge < -0.3 is 30.3 Å². The highest BCUT2D eigenvalue weighted by atomic mass is 16.6. The van der Waals surface area contributed by atoms with E-state index in [4.69, 9.17) is 25.5 Å². The number of aliphatic hydroxyl groups is 4. The lowest BCUT2D eigenvalue weighted by Crippen LogP contribution is -2.31. The number of hydrogen-bond acceptors (Lipinski definition) is 8. The summed E-state index contributed by atoms with van der Waals surface area (Å²) in [5.74, 6) is -3.72. The number of rotatable bonds is 3. The smallest absolute Gasteiger partial charge is 0.377 e. The molecule has 0 saturated carbocycles. The molecule has 0 aliphatic carbocycles. The Labute approximate surface area is 118 Å². The molecule has 0 fully saturated rings. The highest BCUT2D eigenvalue weighted by Crippen LogP contribution is 2.20. The number of ether oxygens (including phenoxy) is 1. The number of aromatic carboxylic acids is 1. The van der Waals surface area contributed by atoms with Gasteiger partial charge in [-0.05, 0) is 12.1 Å². The van der Waals surface area contributed by atoms with Gasteiger partial charge in [-0.1, -0.05) is 0 Å². The zero-order chi connectivity index (χ0) is 16.0. The molecule has 1 aromatic rings. The Morgan fingerprint density at radius 3 is 2.43 bits per heavy atom. The summed E-state index contributed by atoms with van der Waals surface area (Å²) < 4.78 is 4.32. The highest BCUT2D eigenvalue weighted by molar-refractivity contribution is 5.89. The van der Waals surface area contributed by atoms with Crippen molar-refractivity contribution in [1.82, 2.24) is 4.98 Å². The van der Waals surface area contributed by atoms with Crippen molar-refractivity contribution in [2.45, 2.75) is 12.2 Å². The lowest BCUT2D eigenvalue weighted by atomic mass is 10.2. The van der Waals surface area contributed by atoms with E-state index in [1.165, 1.54) is 18.5 Å². The Bertz CT molecular complexity index is 541. The largest absolute Gasteiger partial charge is 0.505 e. The molecule has 2 heterocycles. The summed E-state index contributed by atoms with van der Waals surface area (Å²) >= 11 is 0. The Kier molecular flexibility index (Phi) is 5.64. The molecular weight excluding hydrogens is 286 g/mol. The molecule has 0 bridgehead atoms. The van der Waals surface area contributed by atoms with Crippen molar-refractivity contribution in [2.24, 2.45) is 0 Å². The molecule has 5 N–H and O–H groups in total. The molecule has 9 nitrogen and oxygen atoms in total. The van der Waals surface area contributed by atoms with Crippen LogP contribution in [-0.2, 0) is 9.53 Å². The van der Waals surface area contributed by atoms with Gasteiger partial charge in [-0.2, -0.15) is 0 Å². The molecule has 1 aliphatic rings. The predicted molar refractivity (Wildman–Crippen MR) is 66.5 cm³/mol. The fraction of sp³-hybridized carbons (Fsp3) is 0.250. The maximum absolute atomic E-state index is 10.5. The number of hydrogen-bond donors (Lipinski definition) is 5. The topological polar surface area (TPSA) is 157 Å². The zero-order valence-electron chi connectivity index (χ0n) is 10.6. The van der Waals surface area contributed by atoms with Crippen molar-refractivity contribution >= 4 is 11.9 Å². The van der Waals surface area contributed by atoms with Gasteiger partial charge in [-0.15, -0.1) is 0 Å². The fourth-order valence-electron chi connectivity index (χ4n) is 1.31. The van der Waals surface area contributed by atoms with E-state index in [1.54, 1.807) is 6.07 Å². The first kappa shape index (κ1) is 16.4. The lowest BCUT2D eigenvalue weighted by Gasteiger charge is -2.13. The van der Waals surface area contributed by atoms with Crippen LogP contribution in [0, 0.1) is 0 Å². The lowest BCUT2D eigenvalue weighted by molar-refractivity contribution is -0.147. The number of esters is 1. The minimum absolute atomic E-state index is 0.220. The van der Waals surface area contributed by atoms with Gasteiger partial charge in [0.2, 0.25) is 5.76 Å². The van der Waals surface area contributed by atoms with E-state index >= 15 is 0 Å². The molecular formula is C12H13NO8. The molecule has 0 unspecified atom stereocenters. The molecule has 1 aliphatic heterocycles. The molecule has 9 heteroatoms. The van der Waals surface area contributed by atoms with E-state index in [2.05, 4.69) is 9.72 Å². The van der Waals surface area contributed by atoms with Crippen LogP contribution in [-0.4, -0.2) is 61.3 Å². The molecule has 0 radical (unpaired) electrons. The first-order valence-corrected chi connectivity index (χ1v) is 5.63. The summed E-state index contributed by atoms with van der Waals surface area (Å²) in [6, 6.07) is 3.08. The summed E-state index contributed by atoms with van der Waals surface area (Å²) in [4.78, 5) is 24.3. The summed E-state index contributed by atoms with van der Waals surface area (Å²) in [6.45, 7) is -0.671. The fourth-order valence-corrected chi connectivity index (χ4v) is 1.31. The Hall–Kier alpha value is -2.65. The third-order valence-electron chi connectivity index (χ3n) is 2.38. The zero-order valence-corrected chi connectivity index (χ0v) is 10.6. The van der Waals surface area contributed by atoms with Crippen LogP contribution in [0.3, 0.4) is 0 Å². The number of carboxylic acids is 1. The van der Waals surface area contributed by atoms with Crippen LogP contribution in [0.1, 0.15) is 10.4 Å². The van der Waals surface area contributed by atoms with Crippen LogP contribution >= 0.6 is 0 Å². The number of nitrogens with zero attached hydrogens (tertiary/aromatic N) is 1. The number of carbonyl (C=O) groups is 2. The SMILES string of the molecule is O=C(O)c1cccnc1.O=C1O[C@@H]([C@H](O)CO)C(O)=C1O. The second-order valence-electron chi connectivity index (χ2n) is 3.86. The average Bonchev–Trinajstić information content (AvgIpc) is 2.75. The van der Waals surface area contributed by atoms with Crippen molar-refractivity contribution in [3.8, 4) is 0 Å². The minimum atomic E-state index is -1.42. The first-order chi connectivity index (χ1) is 9.88. The van der Waals surface area contributed by atoms with Gasteiger partial charge in [0.1, 0.15) is 6.10 Å². The molecule has 0 spiro atoms. The standard InChI is InChI=1S/C6H5NO2.C6H8O6/c8-6(9)5-2-1-3-7-4-5;7-1-2(8)5-3(9)4(10)6(11)12-5/h1-4H,(H,8,9);2,5,7-10H,1H2/t;2-,5+/m.1/s1. The third-order valence-corrected chi connectivity index (χ3v) is 2.38. The molecule has 1 aromatic heterocycles. The van der Waals surface area contributed by atoms with Crippen LogP contribution in [0.25, 0.3) is 0 Å². The maximum atomic E-state index is 10.5. The van der Waals surface area contributed by atoms with E-state index in [0.29, 0.717) is 0 Å². The maximum Gasteiger partial charge on any atom is 0.377 e. The van der Waals surface area contributed by atoms with Gasteiger partial charge in [-0.25, -0.2) is 9.59 Å². The number of aliphatic hydroxyl groups excluding tert-OH is 4. The van der Waals surface area contributed by atoms with Crippen molar-refractivity contribution < 1.29 is 39.9 Å². The Balaban J connectivity index is 0.000000219. The number of pyridine rings is 1. The molecule has 21 heavy (non-hydrogen) atoms. The van der Waals surface area contributed by atoms with Gasteiger partial charge in [0.05, 0.1) is 12.2 Å². The van der Waals surface area contributed by atoms with E-state index in [9.17, 15) is 9.59 Å². The number of carboxylic acid groups (broad SMARTS) is 1. The summed E-state index contributed by atoms with van der Waals surface area (Å²) in [5.41, 5.74) is 0.220. The predicted octanol–water partition coefficient (Wildman–Crippen LogP) is -0.628. The summed E-state index contributed by atoms with van der Waals surface area (Å²) in [5, 5.41) is 43.4. The van der Waals surface area contributed by atoms with Crippen molar-refractivity contribution in [1.29, 1.82) is 0 Å². The average molecular weight is 299 g/mol. The monoisotopic (exact) mass is 299 g/mol. The van der Waals surface area contributed by atoms with Crippen molar-refractivity contribution in [3.05, 3.63) is 41.6 Å². The normalized spacial score (nSPS) is 18.6. The Morgan fingerprint density at radius 1 is 1.43 bits per heavy atom. The molecule has 114 valence electrons. The number of carbonyl (C=O) groups excluding carboxylic acids is 1. The molecule has 0 aromatic carbocycles. The van der Waals surface area contributed by atoms with Crippen LogP contribution in [0.4, 0.5) is 0 Å². The van der Waals surface area contributed by atoms with Crippen LogP contribution in [0.15, 0.2) is 36.0 Å². The van der Waals surface area contributed by atoms with Crippen LogP contribution in [0.5, 0.6) is 0 Å². The Morgan fingerprint density at radius 2 is 2.10 bits per heavy atom. The molecule has 0 amide bonds. The molecule has 2 atom stereocenters. The quantitative estimate of drug-likeness (QED) is 0.458. The summed E-state index contributed by atoms with van der Waals surface area (Å²) in [7, 11) is 0. The van der Waals surface area contributed by atoms with E-state index in [-0.39, 0.29) is 5.56 Å². The summed E-state index contributed by atoms with van der Waals surface area (Å²) in [6.07, 6.45) is 0.0653. The number of cyclic esters (lactones) is 1. The molecule has 0 saturated heterocycles. The van der Waals surface area contributed by atoms with Crippen LogP contribution < -0.4 is 0 Å². The van der Waals surface area contributed by atoms with E-state index < -0.39 is 42.3 Å².